The fourth-order valence-electron chi connectivity index (χ4n) is 2.88. The number of ether oxygens (including phenoxy) is 1. The summed E-state index contributed by atoms with van der Waals surface area (Å²) in [6.45, 7) is 0.618. The first-order valence-corrected chi connectivity index (χ1v) is 9.32. The van der Waals surface area contributed by atoms with E-state index in [0.29, 0.717) is 24.6 Å². The zero-order valence-corrected chi connectivity index (χ0v) is 16.3. The number of carbonyl (C=O) groups excluding carboxylic acids is 1. The van der Waals surface area contributed by atoms with Gasteiger partial charge in [-0.15, -0.1) is 0 Å². The fraction of sp³-hybridized carbons (Fsp3) is 0.353. The van der Waals surface area contributed by atoms with Crippen LogP contribution in [0.1, 0.15) is 16.8 Å². The maximum absolute atomic E-state index is 12.8. The molecule has 1 aliphatic rings. The molecule has 1 aliphatic heterocycles. The molecule has 0 unspecified atom stereocenters. The first-order chi connectivity index (χ1) is 13.5. The molecule has 2 aromatic rings. The van der Waals surface area contributed by atoms with Crippen molar-refractivity contribution in [3.05, 3.63) is 50.7 Å². The van der Waals surface area contributed by atoms with E-state index in [2.05, 4.69) is 31.2 Å². The van der Waals surface area contributed by atoms with Crippen LogP contribution in [0.3, 0.4) is 0 Å². The molecule has 28 heavy (non-hydrogen) atoms. The van der Waals surface area contributed by atoms with Crippen LogP contribution < -0.4 is 10.1 Å². The number of hydrogen-bond acceptors (Lipinski definition) is 8. The van der Waals surface area contributed by atoms with E-state index in [-0.39, 0.29) is 36.6 Å². The number of likely N-dealkylation sites (tertiary alicyclic amines) is 1. The van der Waals surface area contributed by atoms with Gasteiger partial charge >= 0.3 is 5.69 Å². The number of halogens is 1. The van der Waals surface area contributed by atoms with Crippen molar-refractivity contribution in [1.29, 1.82) is 0 Å². The number of nitrogens with one attached hydrogen (secondary N) is 1. The minimum atomic E-state index is -0.588. The molecule has 2 heterocycles. The second-order valence-corrected chi connectivity index (χ2v) is 7.03. The van der Waals surface area contributed by atoms with Crippen molar-refractivity contribution in [1.82, 2.24) is 14.9 Å². The van der Waals surface area contributed by atoms with Crippen molar-refractivity contribution in [3.8, 4) is 5.75 Å². The molecule has 10 nitrogen and oxygen atoms in total. The minimum absolute atomic E-state index is 0.00767. The maximum Gasteiger partial charge on any atom is 0.310 e. The average molecular weight is 452 g/mol. The van der Waals surface area contributed by atoms with E-state index in [0.717, 1.165) is 10.9 Å². The lowest BCUT2D eigenvalue weighted by Gasteiger charge is -2.17. The number of aromatic nitrogens is 2. The number of hydrogen-bond donors (Lipinski definition) is 2. The van der Waals surface area contributed by atoms with Crippen molar-refractivity contribution >= 4 is 33.5 Å². The first kappa shape index (κ1) is 20.0. The highest BCUT2D eigenvalue weighted by atomic mass is 79.9. The van der Waals surface area contributed by atoms with Crippen molar-refractivity contribution in [2.75, 3.05) is 31.6 Å². The number of nitrogens with zero attached hydrogens (tertiary/aromatic N) is 4. The number of anilines is 1. The number of aliphatic hydroxyl groups is 1. The molecule has 1 atom stereocenters. The summed E-state index contributed by atoms with van der Waals surface area (Å²) in [5, 5.41) is 23.2. The Labute approximate surface area is 168 Å². The van der Waals surface area contributed by atoms with Crippen LogP contribution in [0.4, 0.5) is 11.6 Å². The minimum Gasteiger partial charge on any atom is -0.484 e. The summed E-state index contributed by atoms with van der Waals surface area (Å²) in [7, 11) is 0. The van der Waals surface area contributed by atoms with Crippen molar-refractivity contribution in [2.45, 2.75) is 12.5 Å². The largest absolute Gasteiger partial charge is 0.484 e. The summed E-state index contributed by atoms with van der Waals surface area (Å²) < 4.78 is 5.99. The molecule has 0 bridgehead atoms. The lowest BCUT2D eigenvalue weighted by molar-refractivity contribution is -0.385. The smallest absolute Gasteiger partial charge is 0.310 e. The molecule has 0 aliphatic carbocycles. The lowest BCUT2D eigenvalue weighted by atomic mass is 10.1. The Kier molecular flexibility index (Phi) is 6.37. The topological polar surface area (TPSA) is 131 Å². The molecule has 1 saturated heterocycles. The predicted molar refractivity (Wildman–Crippen MR) is 103 cm³/mol. The summed E-state index contributed by atoms with van der Waals surface area (Å²) in [5.41, 5.74) is 0.0393. The third kappa shape index (κ3) is 4.73. The van der Waals surface area contributed by atoms with Crippen LogP contribution in [0.2, 0.25) is 0 Å². The first-order valence-electron chi connectivity index (χ1n) is 8.53. The summed E-state index contributed by atoms with van der Waals surface area (Å²) in [5.74, 6) is 0.198. The van der Waals surface area contributed by atoms with Crippen molar-refractivity contribution < 1.29 is 19.6 Å². The monoisotopic (exact) mass is 451 g/mol. The number of carbonyl (C=O) groups is 1. The molecule has 3 rings (SSSR count). The van der Waals surface area contributed by atoms with Gasteiger partial charge in [-0.05, 0) is 28.4 Å². The normalized spacial score (nSPS) is 16.1. The van der Waals surface area contributed by atoms with Crippen LogP contribution in [-0.2, 0) is 0 Å². The number of nitro groups is 1. The number of rotatable bonds is 7. The number of benzene rings is 1. The summed E-state index contributed by atoms with van der Waals surface area (Å²) in [6.07, 6.45) is 4.00. The van der Waals surface area contributed by atoms with Gasteiger partial charge in [0.2, 0.25) is 5.95 Å². The Balaban J connectivity index is 1.68. The Bertz CT molecular complexity index is 864. The summed E-state index contributed by atoms with van der Waals surface area (Å²) in [6, 6.07) is 3.99. The highest BCUT2D eigenvalue weighted by molar-refractivity contribution is 9.10. The van der Waals surface area contributed by atoms with Gasteiger partial charge in [0.05, 0.1) is 16.0 Å². The number of amides is 1. The highest BCUT2D eigenvalue weighted by Crippen LogP contribution is 2.29. The molecular formula is C17H18BrN5O5. The van der Waals surface area contributed by atoms with E-state index in [1.807, 2.05) is 0 Å². The Morgan fingerprint density at radius 1 is 1.43 bits per heavy atom. The van der Waals surface area contributed by atoms with Gasteiger partial charge in [0.15, 0.2) is 5.75 Å². The van der Waals surface area contributed by atoms with Crippen molar-refractivity contribution in [2.24, 2.45) is 0 Å². The van der Waals surface area contributed by atoms with E-state index in [9.17, 15) is 14.9 Å². The van der Waals surface area contributed by atoms with Gasteiger partial charge in [-0.25, -0.2) is 9.97 Å². The van der Waals surface area contributed by atoms with Gasteiger partial charge in [-0.3, -0.25) is 14.9 Å². The van der Waals surface area contributed by atoms with Crippen LogP contribution in [0.5, 0.6) is 5.75 Å². The number of aliphatic hydroxyl groups excluding tert-OH is 1. The Hall–Kier alpha value is -2.79. The second-order valence-electron chi connectivity index (χ2n) is 6.12. The average Bonchev–Trinajstić information content (AvgIpc) is 3.15. The van der Waals surface area contributed by atoms with E-state index in [1.54, 1.807) is 17.3 Å². The standard InChI is InChI=1S/C17H18BrN5O5/c18-12-8-19-17(20-9-12)21-13-3-4-22(10-13)16(25)11-1-2-14(23(26)27)15(7-11)28-6-5-24/h1-2,7-9,13,24H,3-6,10H2,(H,19,20,21)/t13-/m1/s1. The van der Waals surface area contributed by atoms with E-state index in [4.69, 9.17) is 9.84 Å². The van der Waals surface area contributed by atoms with Crippen LogP contribution in [0.25, 0.3) is 0 Å². The molecule has 1 aromatic carbocycles. The molecule has 0 spiro atoms. The quantitative estimate of drug-likeness (QED) is 0.481. The van der Waals surface area contributed by atoms with Crippen LogP contribution in [0.15, 0.2) is 35.1 Å². The molecule has 0 radical (unpaired) electrons. The van der Waals surface area contributed by atoms with E-state index < -0.39 is 4.92 Å². The third-order valence-electron chi connectivity index (χ3n) is 4.18. The lowest BCUT2D eigenvalue weighted by Crippen LogP contribution is -2.31. The second kappa shape index (κ2) is 8.93. The summed E-state index contributed by atoms with van der Waals surface area (Å²) >= 11 is 3.28. The van der Waals surface area contributed by atoms with Gasteiger partial charge in [0.1, 0.15) is 6.61 Å². The van der Waals surface area contributed by atoms with Gasteiger partial charge in [0, 0.05) is 49.2 Å². The zero-order valence-electron chi connectivity index (χ0n) is 14.7. The molecule has 148 valence electrons. The molecule has 0 saturated carbocycles. The van der Waals surface area contributed by atoms with Crippen molar-refractivity contribution in [3.63, 3.8) is 0 Å². The molecule has 1 amide bonds. The van der Waals surface area contributed by atoms with Gasteiger partial charge in [0.25, 0.3) is 5.91 Å². The summed E-state index contributed by atoms with van der Waals surface area (Å²) in [4.78, 5) is 33.3. The number of nitro benzene ring substituents is 1. The fourth-order valence-corrected chi connectivity index (χ4v) is 3.09. The van der Waals surface area contributed by atoms with Gasteiger partial charge < -0.3 is 20.1 Å². The SMILES string of the molecule is O=C(c1ccc([N+](=O)[O-])c(OCCO)c1)N1CC[C@@H](Nc2ncc(Br)cn2)C1. The third-order valence-corrected chi connectivity index (χ3v) is 4.59. The van der Waals surface area contributed by atoms with Crippen LogP contribution >= 0.6 is 15.9 Å². The van der Waals surface area contributed by atoms with E-state index in [1.165, 1.54) is 18.2 Å². The van der Waals surface area contributed by atoms with Crippen LogP contribution in [-0.4, -0.2) is 63.2 Å². The molecule has 1 fully saturated rings. The molecular weight excluding hydrogens is 434 g/mol. The molecule has 1 aromatic heterocycles. The Morgan fingerprint density at radius 2 is 2.18 bits per heavy atom. The zero-order chi connectivity index (χ0) is 20.1. The van der Waals surface area contributed by atoms with Crippen LogP contribution in [0, 0.1) is 10.1 Å². The van der Waals surface area contributed by atoms with Gasteiger partial charge in [-0.2, -0.15) is 0 Å². The highest BCUT2D eigenvalue weighted by Gasteiger charge is 2.28. The Morgan fingerprint density at radius 3 is 2.86 bits per heavy atom. The molecule has 11 heteroatoms. The van der Waals surface area contributed by atoms with Gasteiger partial charge in [-0.1, -0.05) is 0 Å². The van der Waals surface area contributed by atoms with E-state index >= 15 is 0 Å². The molecule has 2 N–H and O–H groups in total. The predicted octanol–water partition coefficient (Wildman–Crippen LogP) is 1.84. The maximum atomic E-state index is 12.8.